The molecule has 3 aromatic rings. The number of rotatable bonds is 12. The van der Waals surface area contributed by atoms with E-state index in [0.717, 1.165) is 49.7 Å². The molecular formula is C29H38FN5O3. The Morgan fingerprint density at radius 2 is 1.74 bits per heavy atom. The van der Waals surface area contributed by atoms with Gasteiger partial charge in [0.25, 0.3) is 0 Å². The highest BCUT2D eigenvalue weighted by molar-refractivity contribution is 5.78. The number of piperazine rings is 1. The van der Waals surface area contributed by atoms with Crippen molar-refractivity contribution in [3.05, 3.63) is 77.9 Å². The molecule has 0 unspecified atom stereocenters. The van der Waals surface area contributed by atoms with Crippen LogP contribution in [-0.4, -0.2) is 82.6 Å². The average molecular weight is 524 g/mol. The Morgan fingerprint density at radius 3 is 2.42 bits per heavy atom. The number of ether oxygens (including phenoxy) is 1. The van der Waals surface area contributed by atoms with E-state index in [1.54, 1.807) is 12.1 Å². The Kier molecular flexibility index (Phi) is 9.86. The number of nitrogens with one attached hydrogen (secondary N) is 1. The zero-order valence-corrected chi connectivity index (χ0v) is 22.2. The zero-order valence-electron chi connectivity index (χ0n) is 22.2. The van der Waals surface area contributed by atoms with Gasteiger partial charge in [0.2, 0.25) is 5.91 Å². The minimum Gasteiger partial charge on any atom is -0.491 e. The number of halogens is 1. The molecule has 0 spiro atoms. The van der Waals surface area contributed by atoms with Crippen LogP contribution in [0.4, 0.5) is 4.39 Å². The Hall–Kier alpha value is -3.27. The van der Waals surface area contributed by atoms with E-state index in [0.29, 0.717) is 31.3 Å². The molecular weight excluding hydrogens is 485 g/mol. The van der Waals surface area contributed by atoms with Gasteiger partial charge in [-0.3, -0.25) is 14.6 Å². The number of hydrogen-bond acceptors (Lipinski definition) is 6. The highest BCUT2D eigenvalue weighted by atomic mass is 19.1. The average Bonchev–Trinajstić information content (AvgIpc) is 3.31. The lowest BCUT2D eigenvalue weighted by molar-refractivity contribution is -0.122. The summed E-state index contributed by atoms with van der Waals surface area (Å²) in [4.78, 5) is 16.9. The second-order valence-electron chi connectivity index (χ2n) is 10.2. The standard InChI is InChI=1S/C29H38FN5O3/c1-22(2)16-26-17-24(32-35(26)25-6-4-3-5-7-25)18-31-29(37)20-34-14-12-33(13-15-34)19-27(36)21-38-28-10-8-23(30)9-11-28/h3-11,17,22,27,36H,12-16,18-21H2,1-2H3,(H,31,37)/t27-/m0/s1. The quantitative estimate of drug-likeness (QED) is 0.380. The summed E-state index contributed by atoms with van der Waals surface area (Å²) in [6.07, 6.45) is 0.263. The fourth-order valence-corrected chi connectivity index (χ4v) is 4.57. The van der Waals surface area contributed by atoms with Crippen LogP contribution in [0.5, 0.6) is 5.75 Å². The van der Waals surface area contributed by atoms with Gasteiger partial charge >= 0.3 is 0 Å². The molecule has 38 heavy (non-hydrogen) atoms. The van der Waals surface area contributed by atoms with Gasteiger partial charge in [0.1, 0.15) is 24.3 Å². The Balaban J connectivity index is 1.18. The Bertz CT molecular complexity index is 1140. The maximum atomic E-state index is 13.0. The molecule has 1 aliphatic rings. The molecule has 1 saturated heterocycles. The highest BCUT2D eigenvalue weighted by Crippen LogP contribution is 2.16. The van der Waals surface area contributed by atoms with Crippen LogP contribution < -0.4 is 10.1 Å². The fraction of sp³-hybridized carbons (Fsp3) is 0.448. The van der Waals surface area contributed by atoms with E-state index < -0.39 is 6.10 Å². The first-order valence-electron chi connectivity index (χ1n) is 13.3. The molecule has 1 aromatic heterocycles. The van der Waals surface area contributed by atoms with E-state index in [1.165, 1.54) is 12.1 Å². The SMILES string of the molecule is CC(C)Cc1cc(CNC(=O)CN2CCN(C[C@H](O)COc3ccc(F)cc3)CC2)nn1-c1ccccc1. The summed E-state index contributed by atoms with van der Waals surface area (Å²) in [7, 11) is 0. The second-order valence-corrected chi connectivity index (χ2v) is 10.2. The smallest absolute Gasteiger partial charge is 0.234 e. The summed E-state index contributed by atoms with van der Waals surface area (Å²) in [6.45, 7) is 8.77. The Morgan fingerprint density at radius 1 is 1.05 bits per heavy atom. The predicted molar refractivity (Wildman–Crippen MR) is 145 cm³/mol. The molecule has 2 N–H and O–H groups in total. The minimum atomic E-state index is -0.647. The van der Waals surface area contributed by atoms with Crippen molar-refractivity contribution in [1.29, 1.82) is 0 Å². The number of aliphatic hydroxyl groups excluding tert-OH is 1. The molecule has 0 radical (unpaired) electrons. The molecule has 0 bridgehead atoms. The molecule has 204 valence electrons. The van der Waals surface area contributed by atoms with Crippen LogP contribution in [0.15, 0.2) is 60.7 Å². The van der Waals surface area contributed by atoms with Gasteiger partial charge in [0.15, 0.2) is 0 Å². The molecule has 1 amide bonds. The van der Waals surface area contributed by atoms with Gasteiger partial charge in [-0.05, 0) is 54.8 Å². The second kappa shape index (κ2) is 13.5. The van der Waals surface area contributed by atoms with Crippen molar-refractivity contribution in [2.75, 3.05) is 45.9 Å². The van der Waals surface area contributed by atoms with Gasteiger partial charge in [-0.2, -0.15) is 5.10 Å². The first kappa shape index (κ1) is 27.8. The molecule has 0 aliphatic carbocycles. The largest absolute Gasteiger partial charge is 0.491 e. The monoisotopic (exact) mass is 523 g/mol. The van der Waals surface area contributed by atoms with Crippen LogP contribution in [0.3, 0.4) is 0 Å². The molecule has 0 saturated carbocycles. The van der Waals surface area contributed by atoms with E-state index >= 15 is 0 Å². The van der Waals surface area contributed by atoms with Crippen molar-refractivity contribution >= 4 is 5.91 Å². The van der Waals surface area contributed by atoms with Crippen LogP contribution >= 0.6 is 0 Å². The van der Waals surface area contributed by atoms with Crippen LogP contribution in [0.25, 0.3) is 5.69 Å². The number of β-amino-alcohol motifs (C(OH)–C–C–N with tert-alkyl or cyclic N) is 1. The third-order valence-corrected chi connectivity index (χ3v) is 6.48. The van der Waals surface area contributed by atoms with Gasteiger partial charge in [-0.25, -0.2) is 9.07 Å². The molecule has 1 atom stereocenters. The number of carbonyl (C=O) groups is 1. The first-order valence-corrected chi connectivity index (χ1v) is 13.3. The molecule has 4 rings (SSSR count). The van der Waals surface area contributed by atoms with E-state index in [2.05, 4.69) is 35.0 Å². The number of para-hydroxylation sites is 1. The molecule has 2 aromatic carbocycles. The maximum Gasteiger partial charge on any atom is 0.234 e. The summed E-state index contributed by atoms with van der Waals surface area (Å²) in [5.74, 6) is 0.688. The molecule has 2 heterocycles. The van der Waals surface area contributed by atoms with Gasteiger partial charge < -0.3 is 15.2 Å². The number of nitrogens with zero attached hydrogens (tertiary/aromatic N) is 4. The normalized spacial score (nSPS) is 15.5. The number of aliphatic hydroxyl groups is 1. The van der Waals surface area contributed by atoms with Crippen LogP contribution in [0.2, 0.25) is 0 Å². The van der Waals surface area contributed by atoms with Gasteiger partial charge in [-0.15, -0.1) is 0 Å². The lowest BCUT2D eigenvalue weighted by Crippen LogP contribution is -2.51. The van der Waals surface area contributed by atoms with E-state index in [1.807, 2.05) is 35.0 Å². The molecule has 9 heteroatoms. The van der Waals surface area contributed by atoms with Gasteiger partial charge in [0.05, 0.1) is 24.5 Å². The first-order chi connectivity index (χ1) is 18.4. The van der Waals surface area contributed by atoms with Crippen molar-refractivity contribution in [1.82, 2.24) is 24.9 Å². The van der Waals surface area contributed by atoms with Crippen LogP contribution in [0.1, 0.15) is 25.2 Å². The predicted octanol–water partition coefficient (Wildman–Crippen LogP) is 2.88. The topological polar surface area (TPSA) is 82.9 Å². The third-order valence-electron chi connectivity index (χ3n) is 6.48. The summed E-state index contributed by atoms with van der Waals surface area (Å²) < 4.78 is 20.5. The van der Waals surface area contributed by atoms with E-state index in [4.69, 9.17) is 9.84 Å². The summed E-state index contributed by atoms with van der Waals surface area (Å²) >= 11 is 0. The van der Waals surface area contributed by atoms with Crippen LogP contribution in [-0.2, 0) is 17.8 Å². The number of aromatic nitrogens is 2. The van der Waals surface area contributed by atoms with E-state index in [-0.39, 0.29) is 18.3 Å². The summed E-state index contributed by atoms with van der Waals surface area (Å²) in [6, 6.07) is 17.9. The lowest BCUT2D eigenvalue weighted by atomic mass is 10.1. The number of hydrogen-bond donors (Lipinski definition) is 2. The fourth-order valence-electron chi connectivity index (χ4n) is 4.57. The Labute approximate surface area is 224 Å². The van der Waals surface area contributed by atoms with Crippen molar-refractivity contribution in [2.45, 2.75) is 32.9 Å². The highest BCUT2D eigenvalue weighted by Gasteiger charge is 2.21. The third kappa shape index (κ3) is 8.37. The van der Waals surface area contributed by atoms with Gasteiger partial charge in [0, 0.05) is 38.4 Å². The van der Waals surface area contributed by atoms with Crippen molar-refractivity contribution in [2.24, 2.45) is 5.92 Å². The minimum absolute atomic E-state index is 0.0224. The van der Waals surface area contributed by atoms with Crippen molar-refractivity contribution in [3.63, 3.8) is 0 Å². The van der Waals surface area contributed by atoms with Gasteiger partial charge in [-0.1, -0.05) is 32.0 Å². The summed E-state index contributed by atoms with van der Waals surface area (Å²) in [5.41, 5.74) is 3.00. The number of amides is 1. The van der Waals surface area contributed by atoms with E-state index in [9.17, 15) is 14.3 Å². The number of benzene rings is 2. The maximum absolute atomic E-state index is 13.0. The number of carbonyl (C=O) groups excluding carboxylic acids is 1. The lowest BCUT2D eigenvalue weighted by Gasteiger charge is -2.35. The van der Waals surface area contributed by atoms with Crippen molar-refractivity contribution < 1.29 is 19.0 Å². The molecule has 8 nitrogen and oxygen atoms in total. The summed E-state index contributed by atoms with van der Waals surface area (Å²) in [5, 5.41) is 18.1. The van der Waals surface area contributed by atoms with Crippen LogP contribution in [0, 0.1) is 11.7 Å². The van der Waals surface area contributed by atoms with Crippen molar-refractivity contribution in [3.8, 4) is 11.4 Å². The molecule has 1 aliphatic heterocycles. The zero-order chi connectivity index (χ0) is 26.9. The molecule has 1 fully saturated rings.